The summed E-state index contributed by atoms with van der Waals surface area (Å²) in [5.41, 5.74) is 0. The van der Waals surface area contributed by atoms with Gasteiger partial charge in [0.05, 0.1) is 12.7 Å². The van der Waals surface area contributed by atoms with E-state index in [-0.39, 0.29) is 6.10 Å². The lowest BCUT2D eigenvalue weighted by Gasteiger charge is -2.07. The zero-order chi connectivity index (χ0) is 9.23. The van der Waals surface area contributed by atoms with Crippen molar-refractivity contribution in [3.05, 3.63) is 0 Å². The van der Waals surface area contributed by atoms with Gasteiger partial charge in [0.15, 0.2) is 0 Å². The van der Waals surface area contributed by atoms with Crippen LogP contribution in [-0.4, -0.2) is 31.2 Å². The average molecular weight is 174 g/mol. The Morgan fingerprint density at radius 3 is 2.75 bits per heavy atom. The molecule has 0 bridgehead atoms. The maximum absolute atomic E-state index is 9.93. The largest absolute Gasteiger partial charge is 0.391 e. The molecule has 0 saturated carbocycles. The Labute approximate surface area is 73.7 Å². The highest BCUT2D eigenvalue weighted by Crippen LogP contribution is 2.04. The van der Waals surface area contributed by atoms with Gasteiger partial charge in [0.1, 0.15) is 6.29 Å². The van der Waals surface area contributed by atoms with Crippen LogP contribution in [0, 0.1) is 0 Å². The summed E-state index contributed by atoms with van der Waals surface area (Å²) in [5, 5.41) is 9.21. The molecular formula is C9H18O3. The number of ether oxygens (including phenoxy) is 1. The van der Waals surface area contributed by atoms with Crippen LogP contribution in [0.4, 0.5) is 0 Å². The Morgan fingerprint density at radius 2 is 2.17 bits per heavy atom. The maximum Gasteiger partial charge on any atom is 0.119 e. The minimum atomic E-state index is -0.341. The number of aliphatic hydroxyl groups is 1. The Hall–Kier alpha value is -0.410. The first-order valence-electron chi connectivity index (χ1n) is 4.42. The number of hydrogen-bond donors (Lipinski definition) is 1. The van der Waals surface area contributed by atoms with Crippen molar-refractivity contribution < 1.29 is 14.6 Å². The van der Waals surface area contributed by atoms with Crippen molar-refractivity contribution in [2.75, 3.05) is 13.7 Å². The Kier molecular flexibility index (Phi) is 8.39. The first-order valence-corrected chi connectivity index (χ1v) is 4.42. The summed E-state index contributed by atoms with van der Waals surface area (Å²) >= 11 is 0. The van der Waals surface area contributed by atoms with Gasteiger partial charge in [-0.05, 0) is 12.8 Å². The van der Waals surface area contributed by atoms with Crippen molar-refractivity contribution in [1.29, 1.82) is 0 Å². The van der Waals surface area contributed by atoms with E-state index >= 15 is 0 Å². The zero-order valence-corrected chi connectivity index (χ0v) is 7.66. The molecule has 0 heterocycles. The molecule has 0 fully saturated rings. The summed E-state index contributed by atoms with van der Waals surface area (Å²) in [4.78, 5) is 9.93. The molecule has 0 amide bonds. The third-order valence-electron chi connectivity index (χ3n) is 1.72. The van der Waals surface area contributed by atoms with E-state index in [0.717, 1.165) is 32.0 Å². The maximum atomic E-state index is 9.93. The van der Waals surface area contributed by atoms with Crippen LogP contribution in [0.15, 0.2) is 0 Å². The lowest BCUT2D eigenvalue weighted by atomic mass is 10.1. The van der Waals surface area contributed by atoms with Gasteiger partial charge in [0.25, 0.3) is 0 Å². The molecule has 12 heavy (non-hydrogen) atoms. The van der Waals surface area contributed by atoms with Crippen LogP contribution in [-0.2, 0) is 9.53 Å². The molecule has 72 valence electrons. The number of unbranched alkanes of at least 4 members (excludes halogenated alkanes) is 3. The summed E-state index contributed by atoms with van der Waals surface area (Å²) < 4.78 is 4.78. The molecule has 0 spiro atoms. The molecule has 1 N–H and O–H groups in total. The van der Waals surface area contributed by atoms with Crippen LogP contribution in [0.3, 0.4) is 0 Å². The molecule has 0 aromatic rings. The van der Waals surface area contributed by atoms with Crippen LogP contribution in [0.1, 0.15) is 32.1 Å². The molecule has 1 atom stereocenters. The van der Waals surface area contributed by atoms with E-state index in [0.29, 0.717) is 13.0 Å². The third kappa shape index (κ3) is 7.69. The summed E-state index contributed by atoms with van der Waals surface area (Å²) in [6.45, 7) is 0.410. The fourth-order valence-electron chi connectivity index (χ4n) is 1.06. The molecule has 1 unspecified atom stereocenters. The minimum absolute atomic E-state index is 0.341. The number of carbonyl (C=O) groups excluding carboxylic acids is 1. The van der Waals surface area contributed by atoms with E-state index in [1.165, 1.54) is 0 Å². The van der Waals surface area contributed by atoms with Crippen LogP contribution >= 0.6 is 0 Å². The Morgan fingerprint density at radius 1 is 1.42 bits per heavy atom. The lowest BCUT2D eigenvalue weighted by Crippen LogP contribution is -2.13. The quantitative estimate of drug-likeness (QED) is 0.443. The van der Waals surface area contributed by atoms with Crippen molar-refractivity contribution in [3.8, 4) is 0 Å². The molecule has 0 radical (unpaired) electrons. The molecule has 3 heteroatoms. The number of methoxy groups -OCH3 is 1. The second-order valence-corrected chi connectivity index (χ2v) is 2.91. The van der Waals surface area contributed by atoms with Crippen molar-refractivity contribution >= 4 is 6.29 Å². The first-order chi connectivity index (χ1) is 5.81. The van der Waals surface area contributed by atoms with Gasteiger partial charge in [-0.25, -0.2) is 0 Å². The molecule has 3 nitrogen and oxygen atoms in total. The zero-order valence-electron chi connectivity index (χ0n) is 7.66. The van der Waals surface area contributed by atoms with Crippen molar-refractivity contribution in [2.45, 2.75) is 38.2 Å². The fraction of sp³-hybridized carbons (Fsp3) is 0.889. The van der Waals surface area contributed by atoms with Crippen LogP contribution in [0.25, 0.3) is 0 Å². The number of aliphatic hydroxyl groups excluding tert-OH is 1. The van der Waals surface area contributed by atoms with E-state index in [1.54, 1.807) is 7.11 Å². The van der Waals surface area contributed by atoms with Gasteiger partial charge in [-0.3, -0.25) is 0 Å². The Bertz CT molecular complexity index is 104. The Balaban J connectivity index is 3.02. The van der Waals surface area contributed by atoms with E-state index in [9.17, 15) is 9.90 Å². The number of aldehydes is 1. The van der Waals surface area contributed by atoms with Gasteiger partial charge in [0.2, 0.25) is 0 Å². The van der Waals surface area contributed by atoms with Gasteiger partial charge in [0, 0.05) is 13.5 Å². The summed E-state index contributed by atoms with van der Waals surface area (Å²) in [5.74, 6) is 0. The lowest BCUT2D eigenvalue weighted by molar-refractivity contribution is -0.107. The normalized spacial score (nSPS) is 12.8. The second-order valence-electron chi connectivity index (χ2n) is 2.91. The first kappa shape index (κ1) is 11.6. The molecule has 0 saturated heterocycles. The fourth-order valence-corrected chi connectivity index (χ4v) is 1.06. The van der Waals surface area contributed by atoms with E-state index < -0.39 is 0 Å². The number of rotatable bonds is 8. The highest BCUT2D eigenvalue weighted by atomic mass is 16.5. The highest BCUT2D eigenvalue weighted by molar-refractivity contribution is 5.48. The molecule has 0 aromatic heterocycles. The van der Waals surface area contributed by atoms with Crippen molar-refractivity contribution in [1.82, 2.24) is 0 Å². The predicted molar refractivity (Wildman–Crippen MR) is 47.0 cm³/mol. The summed E-state index contributed by atoms with van der Waals surface area (Å²) in [6, 6.07) is 0. The third-order valence-corrected chi connectivity index (χ3v) is 1.72. The summed E-state index contributed by atoms with van der Waals surface area (Å²) in [7, 11) is 1.58. The molecular weight excluding hydrogens is 156 g/mol. The van der Waals surface area contributed by atoms with Crippen LogP contribution < -0.4 is 0 Å². The van der Waals surface area contributed by atoms with Crippen molar-refractivity contribution in [2.24, 2.45) is 0 Å². The monoisotopic (exact) mass is 174 g/mol. The highest BCUT2D eigenvalue weighted by Gasteiger charge is 2.01. The van der Waals surface area contributed by atoms with Gasteiger partial charge in [-0.1, -0.05) is 12.8 Å². The molecule has 0 aliphatic carbocycles. The number of carbonyl (C=O) groups is 1. The second kappa shape index (κ2) is 8.68. The van der Waals surface area contributed by atoms with E-state index in [2.05, 4.69) is 0 Å². The van der Waals surface area contributed by atoms with Gasteiger partial charge in [-0.15, -0.1) is 0 Å². The molecule has 0 aliphatic heterocycles. The molecule has 0 aromatic carbocycles. The topological polar surface area (TPSA) is 46.5 Å². The van der Waals surface area contributed by atoms with E-state index in [1.807, 2.05) is 0 Å². The van der Waals surface area contributed by atoms with Crippen LogP contribution in [0.5, 0.6) is 0 Å². The van der Waals surface area contributed by atoms with Crippen molar-refractivity contribution in [3.63, 3.8) is 0 Å². The van der Waals surface area contributed by atoms with E-state index in [4.69, 9.17) is 4.74 Å². The number of hydrogen-bond acceptors (Lipinski definition) is 3. The van der Waals surface area contributed by atoms with Gasteiger partial charge >= 0.3 is 0 Å². The minimum Gasteiger partial charge on any atom is -0.391 e. The standard InChI is InChI=1S/C9H18O3/c1-12-8-9(11)6-4-2-3-5-7-10/h7,9,11H,2-6,8H2,1H3. The SMILES string of the molecule is COCC(O)CCCCCC=O. The average Bonchev–Trinajstić information content (AvgIpc) is 2.05. The summed E-state index contributed by atoms with van der Waals surface area (Å²) in [6.07, 6.45) is 4.92. The van der Waals surface area contributed by atoms with Gasteiger partial charge in [-0.2, -0.15) is 0 Å². The molecule has 0 rings (SSSR count). The predicted octanol–water partition coefficient (Wildman–Crippen LogP) is 1.14. The molecule has 0 aliphatic rings. The smallest absolute Gasteiger partial charge is 0.119 e. The van der Waals surface area contributed by atoms with Gasteiger partial charge < -0.3 is 14.6 Å². The van der Waals surface area contributed by atoms with Crippen LogP contribution in [0.2, 0.25) is 0 Å².